The van der Waals surface area contributed by atoms with E-state index in [1.54, 1.807) is 7.11 Å². The van der Waals surface area contributed by atoms with Gasteiger partial charge in [0.15, 0.2) is 0 Å². The van der Waals surface area contributed by atoms with Crippen molar-refractivity contribution in [3.05, 3.63) is 95.6 Å². The van der Waals surface area contributed by atoms with Crippen molar-refractivity contribution in [1.29, 1.82) is 0 Å². The minimum absolute atomic E-state index is 0.0216. The predicted molar refractivity (Wildman–Crippen MR) is 106 cm³/mol. The highest BCUT2D eigenvalue weighted by atomic mass is 16.5. The van der Waals surface area contributed by atoms with Crippen molar-refractivity contribution in [3.63, 3.8) is 0 Å². The lowest BCUT2D eigenvalue weighted by molar-refractivity contribution is -0.116. The maximum atomic E-state index is 12.4. The maximum absolute atomic E-state index is 12.4. The summed E-state index contributed by atoms with van der Waals surface area (Å²) >= 11 is 0. The van der Waals surface area contributed by atoms with Crippen LogP contribution in [-0.4, -0.2) is 13.0 Å². The van der Waals surface area contributed by atoms with Gasteiger partial charge in [-0.3, -0.25) is 4.79 Å². The molecule has 0 unspecified atom stereocenters. The highest BCUT2D eigenvalue weighted by Gasteiger charge is 2.08. The molecule has 0 bridgehead atoms. The van der Waals surface area contributed by atoms with Crippen LogP contribution in [-0.2, 0) is 17.6 Å². The first kappa shape index (κ1) is 17.7. The molecule has 0 fully saturated rings. The van der Waals surface area contributed by atoms with Gasteiger partial charge in [0.1, 0.15) is 5.75 Å². The van der Waals surface area contributed by atoms with E-state index in [4.69, 9.17) is 4.74 Å². The molecular formula is C23H23NO2. The zero-order chi connectivity index (χ0) is 18.2. The van der Waals surface area contributed by atoms with E-state index in [9.17, 15) is 4.79 Å². The van der Waals surface area contributed by atoms with Crippen LogP contribution in [0.1, 0.15) is 23.1 Å². The fraction of sp³-hybridized carbons (Fsp3) is 0.174. The van der Waals surface area contributed by atoms with Gasteiger partial charge in [-0.1, -0.05) is 60.7 Å². The molecule has 3 rings (SSSR count). The van der Waals surface area contributed by atoms with Crippen LogP contribution in [0.25, 0.3) is 0 Å². The van der Waals surface area contributed by atoms with E-state index >= 15 is 0 Å². The molecule has 3 aromatic carbocycles. The van der Waals surface area contributed by atoms with Gasteiger partial charge in [-0.05, 0) is 47.7 Å². The first-order valence-electron chi connectivity index (χ1n) is 8.79. The average molecular weight is 345 g/mol. The van der Waals surface area contributed by atoms with Gasteiger partial charge in [0.2, 0.25) is 5.91 Å². The van der Waals surface area contributed by atoms with Gasteiger partial charge in [0.25, 0.3) is 0 Å². The number of ether oxygens (including phenoxy) is 1. The summed E-state index contributed by atoms with van der Waals surface area (Å²) in [5.74, 6) is 0.837. The number of para-hydroxylation sites is 1. The van der Waals surface area contributed by atoms with Crippen LogP contribution in [0.2, 0.25) is 0 Å². The summed E-state index contributed by atoms with van der Waals surface area (Å²) in [5.41, 5.74) is 4.32. The monoisotopic (exact) mass is 345 g/mol. The fourth-order valence-electron chi connectivity index (χ4n) is 2.91. The molecule has 3 nitrogen and oxygen atoms in total. The van der Waals surface area contributed by atoms with Gasteiger partial charge in [0, 0.05) is 12.1 Å². The second kappa shape index (κ2) is 8.86. The maximum Gasteiger partial charge on any atom is 0.224 e. The number of methoxy groups -OCH3 is 1. The number of nitrogens with one attached hydrogen (secondary N) is 1. The van der Waals surface area contributed by atoms with E-state index in [-0.39, 0.29) is 5.91 Å². The number of carbonyl (C=O) groups excluding carboxylic acids is 1. The highest BCUT2D eigenvalue weighted by Crippen LogP contribution is 2.20. The van der Waals surface area contributed by atoms with Crippen LogP contribution in [0.15, 0.2) is 78.9 Å². The minimum atomic E-state index is 0.0216. The van der Waals surface area contributed by atoms with Crippen LogP contribution in [0.4, 0.5) is 5.69 Å². The summed E-state index contributed by atoms with van der Waals surface area (Å²) in [6.45, 7) is 0. The standard InChI is InChI=1S/C23H23NO2/c1-26-21-12-7-10-19(17-21)14-15-23(25)24-22-13-6-5-11-20(22)16-18-8-3-2-4-9-18/h2-13,17H,14-16H2,1H3,(H,24,25). The molecule has 3 aromatic rings. The number of carbonyl (C=O) groups is 1. The molecule has 0 atom stereocenters. The molecule has 0 aliphatic rings. The van der Waals surface area contributed by atoms with E-state index in [1.807, 2.05) is 60.7 Å². The number of aryl methyl sites for hydroxylation is 1. The van der Waals surface area contributed by atoms with Crippen molar-refractivity contribution in [2.24, 2.45) is 0 Å². The van der Waals surface area contributed by atoms with Crippen LogP contribution in [0.5, 0.6) is 5.75 Å². The third kappa shape index (κ3) is 4.96. The lowest BCUT2D eigenvalue weighted by Crippen LogP contribution is -2.13. The third-order valence-electron chi connectivity index (χ3n) is 4.30. The Morgan fingerprint density at radius 1 is 0.885 bits per heavy atom. The molecule has 132 valence electrons. The number of anilines is 1. The first-order valence-corrected chi connectivity index (χ1v) is 8.79. The number of hydrogen-bond donors (Lipinski definition) is 1. The Balaban J connectivity index is 1.62. The Morgan fingerprint density at radius 2 is 1.62 bits per heavy atom. The van der Waals surface area contributed by atoms with Crippen molar-refractivity contribution < 1.29 is 9.53 Å². The van der Waals surface area contributed by atoms with Crippen molar-refractivity contribution in [3.8, 4) is 5.75 Å². The minimum Gasteiger partial charge on any atom is -0.497 e. The van der Waals surface area contributed by atoms with Crippen molar-refractivity contribution in [1.82, 2.24) is 0 Å². The van der Waals surface area contributed by atoms with Gasteiger partial charge in [-0.25, -0.2) is 0 Å². The topological polar surface area (TPSA) is 38.3 Å². The Kier molecular flexibility index (Phi) is 6.05. The largest absolute Gasteiger partial charge is 0.497 e. The van der Waals surface area contributed by atoms with Gasteiger partial charge in [-0.2, -0.15) is 0 Å². The number of benzene rings is 3. The summed E-state index contributed by atoms with van der Waals surface area (Å²) in [6, 6.07) is 26.1. The Bertz CT molecular complexity index is 859. The molecule has 0 heterocycles. The zero-order valence-corrected chi connectivity index (χ0v) is 14.9. The molecular weight excluding hydrogens is 322 g/mol. The molecule has 0 saturated carbocycles. The normalized spacial score (nSPS) is 10.3. The van der Waals surface area contributed by atoms with E-state index in [1.165, 1.54) is 5.56 Å². The quantitative estimate of drug-likeness (QED) is 0.664. The van der Waals surface area contributed by atoms with E-state index in [0.29, 0.717) is 12.8 Å². The van der Waals surface area contributed by atoms with Crippen LogP contribution < -0.4 is 10.1 Å². The average Bonchev–Trinajstić information content (AvgIpc) is 2.69. The van der Waals surface area contributed by atoms with Gasteiger partial charge in [0.05, 0.1) is 7.11 Å². The third-order valence-corrected chi connectivity index (χ3v) is 4.30. The molecule has 0 aliphatic heterocycles. The Hall–Kier alpha value is -3.07. The molecule has 0 aromatic heterocycles. The summed E-state index contributed by atoms with van der Waals surface area (Å²) < 4.78 is 5.23. The summed E-state index contributed by atoms with van der Waals surface area (Å²) in [7, 11) is 1.65. The van der Waals surface area contributed by atoms with E-state index in [2.05, 4.69) is 23.5 Å². The predicted octanol–water partition coefficient (Wildman–Crippen LogP) is 4.86. The van der Waals surface area contributed by atoms with Gasteiger partial charge >= 0.3 is 0 Å². The van der Waals surface area contributed by atoms with Crippen molar-refractivity contribution in [2.75, 3.05) is 12.4 Å². The van der Waals surface area contributed by atoms with Crippen LogP contribution >= 0.6 is 0 Å². The van der Waals surface area contributed by atoms with Crippen LogP contribution in [0, 0.1) is 0 Å². The number of rotatable bonds is 7. The summed E-state index contributed by atoms with van der Waals surface area (Å²) in [6.07, 6.45) is 1.92. The lowest BCUT2D eigenvalue weighted by Gasteiger charge is -2.11. The molecule has 0 aliphatic carbocycles. The van der Waals surface area contributed by atoms with E-state index < -0.39 is 0 Å². The highest BCUT2D eigenvalue weighted by molar-refractivity contribution is 5.91. The zero-order valence-electron chi connectivity index (χ0n) is 14.9. The Labute approximate surface area is 154 Å². The van der Waals surface area contributed by atoms with Crippen molar-refractivity contribution >= 4 is 11.6 Å². The fourth-order valence-corrected chi connectivity index (χ4v) is 2.91. The summed E-state index contributed by atoms with van der Waals surface area (Å²) in [4.78, 5) is 12.4. The van der Waals surface area contributed by atoms with Crippen LogP contribution in [0.3, 0.4) is 0 Å². The van der Waals surface area contributed by atoms with Crippen molar-refractivity contribution in [2.45, 2.75) is 19.3 Å². The van der Waals surface area contributed by atoms with E-state index in [0.717, 1.165) is 29.0 Å². The molecule has 0 saturated heterocycles. The summed E-state index contributed by atoms with van der Waals surface area (Å²) in [5, 5.41) is 3.06. The Morgan fingerprint density at radius 3 is 2.42 bits per heavy atom. The SMILES string of the molecule is COc1cccc(CCC(=O)Nc2ccccc2Cc2ccccc2)c1. The lowest BCUT2D eigenvalue weighted by atomic mass is 10.0. The molecule has 0 spiro atoms. The number of amides is 1. The smallest absolute Gasteiger partial charge is 0.224 e. The molecule has 26 heavy (non-hydrogen) atoms. The molecule has 1 amide bonds. The number of hydrogen-bond acceptors (Lipinski definition) is 2. The second-order valence-electron chi connectivity index (χ2n) is 6.22. The van der Waals surface area contributed by atoms with Gasteiger partial charge < -0.3 is 10.1 Å². The van der Waals surface area contributed by atoms with Gasteiger partial charge in [-0.15, -0.1) is 0 Å². The molecule has 1 N–H and O–H groups in total. The first-order chi connectivity index (χ1) is 12.7. The molecule has 0 radical (unpaired) electrons. The molecule has 3 heteroatoms. The second-order valence-corrected chi connectivity index (χ2v) is 6.22.